The number of nitro benzene ring substituents is 1. The summed E-state index contributed by atoms with van der Waals surface area (Å²) in [6.45, 7) is 0. The predicted octanol–water partition coefficient (Wildman–Crippen LogP) is 4.33. The molecule has 2 aromatic carbocycles. The van der Waals surface area contributed by atoms with Crippen molar-refractivity contribution in [2.75, 3.05) is 14.2 Å². The molecule has 0 unspecified atom stereocenters. The van der Waals surface area contributed by atoms with Crippen molar-refractivity contribution in [3.8, 4) is 17.6 Å². The van der Waals surface area contributed by atoms with Gasteiger partial charge in [0.2, 0.25) is 0 Å². The maximum atomic E-state index is 10.9. The number of ether oxygens (including phenoxy) is 2. The lowest BCUT2D eigenvalue weighted by Crippen LogP contribution is -1.92. The summed E-state index contributed by atoms with van der Waals surface area (Å²) in [4.78, 5) is 10.4. The van der Waals surface area contributed by atoms with E-state index in [0.29, 0.717) is 27.6 Å². The first-order valence-corrected chi connectivity index (χ1v) is 7.16. The van der Waals surface area contributed by atoms with Crippen LogP contribution in [0.1, 0.15) is 11.1 Å². The van der Waals surface area contributed by atoms with E-state index in [1.54, 1.807) is 24.3 Å². The molecule has 7 heteroatoms. The summed E-state index contributed by atoms with van der Waals surface area (Å²) in [5.41, 5.74) is 1.12. The van der Waals surface area contributed by atoms with Crippen LogP contribution < -0.4 is 9.47 Å². The number of non-ortho nitro benzene ring substituents is 1. The number of hydrogen-bond donors (Lipinski definition) is 0. The number of halogens is 1. The van der Waals surface area contributed by atoms with Crippen LogP contribution in [0.2, 0.25) is 5.02 Å². The molecule has 0 bridgehead atoms. The first-order chi connectivity index (χ1) is 11.5. The molecule has 2 rings (SSSR count). The Kier molecular flexibility index (Phi) is 5.40. The van der Waals surface area contributed by atoms with Crippen LogP contribution in [0.25, 0.3) is 11.6 Å². The van der Waals surface area contributed by atoms with E-state index in [1.807, 2.05) is 6.07 Å². The summed E-state index contributed by atoms with van der Waals surface area (Å²) in [5, 5.41) is 20.6. The number of allylic oxidation sites excluding steroid dienone is 1. The van der Waals surface area contributed by atoms with E-state index >= 15 is 0 Å². The number of nitriles is 1. The van der Waals surface area contributed by atoms with Crippen molar-refractivity contribution in [2.24, 2.45) is 0 Å². The molecule has 0 aliphatic rings. The lowest BCUT2D eigenvalue weighted by Gasteiger charge is -2.10. The summed E-state index contributed by atoms with van der Waals surface area (Å²) in [7, 11) is 2.98. The Morgan fingerprint density at radius 2 is 1.92 bits per heavy atom. The largest absolute Gasteiger partial charge is 0.493 e. The lowest BCUT2D eigenvalue weighted by atomic mass is 10.0. The zero-order valence-electron chi connectivity index (χ0n) is 12.9. The predicted molar refractivity (Wildman–Crippen MR) is 91.1 cm³/mol. The van der Waals surface area contributed by atoms with Gasteiger partial charge in [0.05, 0.1) is 35.8 Å². The molecule has 0 saturated carbocycles. The summed E-state index contributed by atoms with van der Waals surface area (Å²) in [5.74, 6) is 0.929. The van der Waals surface area contributed by atoms with Crippen molar-refractivity contribution in [2.45, 2.75) is 0 Å². The molecular weight excluding hydrogens is 332 g/mol. The zero-order valence-corrected chi connectivity index (χ0v) is 13.7. The Morgan fingerprint density at radius 1 is 1.25 bits per heavy atom. The lowest BCUT2D eigenvalue weighted by molar-refractivity contribution is -0.384. The van der Waals surface area contributed by atoms with Crippen LogP contribution in [-0.4, -0.2) is 19.1 Å². The van der Waals surface area contributed by atoms with Crippen molar-refractivity contribution in [1.29, 1.82) is 5.26 Å². The van der Waals surface area contributed by atoms with Crippen LogP contribution in [0.4, 0.5) is 5.69 Å². The minimum Gasteiger partial charge on any atom is -0.493 e. The van der Waals surface area contributed by atoms with E-state index in [0.717, 1.165) is 0 Å². The fourth-order valence-corrected chi connectivity index (χ4v) is 2.31. The molecular formula is C17H13ClN2O4. The van der Waals surface area contributed by atoms with Crippen LogP contribution in [-0.2, 0) is 0 Å². The quantitative estimate of drug-likeness (QED) is 0.349. The highest BCUT2D eigenvalue weighted by Crippen LogP contribution is 2.35. The van der Waals surface area contributed by atoms with Gasteiger partial charge in [-0.25, -0.2) is 0 Å². The van der Waals surface area contributed by atoms with Crippen molar-refractivity contribution in [1.82, 2.24) is 0 Å². The van der Waals surface area contributed by atoms with Crippen LogP contribution in [0.3, 0.4) is 0 Å². The van der Waals surface area contributed by atoms with Gasteiger partial charge in [-0.2, -0.15) is 5.26 Å². The monoisotopic (exact) mass is 344 g/mol. The zero-order chi connectivity index (χ0) is 17.7. The molecule has 24 heavy (non-hydrogen) atoms. The Balaban J connectivity index is 2.54. The highest BCUT2D eigenvalue weighted by molar-refractivity contribution is 6.32. The van der Waals surface area contributed by atoms with Gasteiger partial charge in [-0.05, 0) is 23.3 Å². The molecule has 0 aliphatic heterocycles. The minimum absolute atomic E-state index is 0.0907. The van der Waals surface area contributed by atoms with E-state index in [2.05, 4.69) is 0 Å². The first kappa shape index (κ1) is 17.3. The normalized spacial score (nSPS) is 10.8. The van der Waals surface area contributed by atoms with Gasteiger partial charge in [0.15, 0.2) is 11.5 Å². The smallest absolute Gasteiger partial charge is 0.270 e. The van der Waals surface area contributed by atoms with Crippen molar-refractivity contribution in [3.63, 3.8) is 0 Å². The van der Waals surface area contributed by atoms with Crippen molar-refractivity contribution >= 4 is 28.9 Å². The number of nitro groups is 1. The van der Waals surface area contributed by atoms with E-state index in [-0.39, 0.29) is 11.3 Å². The molecule has 0 amide bonds. The van der Waals surface area contributed by atoms with Crippen LogP contribution in [0.15, 0.2) is 36.4 Å². The number of hydrogen-bond acceptors (Lipinski definition) is 5. The molecule has 0 aromatic heterocycles. The standard InChI is InChI=1S/C17H13ClN2O4/c1-23-16-8-12(15(18)9-17(16)24-2)6-13(10-19)11-4-3-5-14(7-11)20(21)22/h3-9H,1-2H3/b13-6-. The van der Waals surface area contributed by atoms with Gasteiger partial charge in [-0.1, -0.05) is 23.7 Å². The van der Waals surface area contributed by atoms with Gasteiger partial charge < -0.3 is 9.47 Å². The molecule has 0 atom stereocenters. The van der Waals surface area contributed by atoms with Gasteiger partial charge >= 0.3 is 0 Å². The molecule has 2 aromatic rings. The number of benzene rings is 2. The Morgan fingerprint density at radius 3 is 2.50 bits per heavy atom. The van der Waals surface area contributed by atoms with E-state index in [1.165, 1.54) is 32.4 Å². The van der Waals surface area contributed by atoms with E-state index in [9.17, 15) is 15.4 Å². The molecule has 0 saturated heterocycles. The van der Waals surface area contributed by atoms with Gasteiger partial charge in [0.25, 0.3) is 5.69 Å². The third-order valence-electron chi connectivity index (χ3n) is 3.29. The van der Waals surface area contributed by atoms with Gasteiger partial charge in [-0.3, -0.25) is 10.1 Å². The van der Waals surface area contributed by atoms with Gasteiger partial charge in [0.1, 0.15) is 0 Å². The number of rotatable bonds is 5. The second kappa shape index (κ2) is 7.49. The molecule has 0 heterocycles. The Labute approximate surface area is 143 Å². The van der Waals surface area contributed by atoms with E-state index in [4.69, 9.17) is 21.1 Å². The minimum atomic E-state index is -0.512. The molecule has 0 N–H and O–H groups in total. The topological polar surface area (TPSA) is 85.4 Å². The average Bonchev–Trinajstić information content (AvgIpc) is 2.60. The number of nitrogens with zero attached hydrogens (tertiary/aromatic N) is 2. The third-order valence-corrected chi connectivity index (χ3v) is 3.62. The van der Waals surface area contributed by atoms with E-state index < -0.39 is 4.92 Å². The highest BCUT2D eigenvalue weighted by atomic mass is 35.5. The summed E-state index contributed by atoms with van der Waals surface area (Å²) in [6, 6.07) is 11.1. The highest BCUT2D eigenvalue weighted by Gasteiger charge is 2.12. The molecule has 0 spiro atoms. The average molecular weight is 345 g/mol. The second-order valence-electron chi connectivity index (χ2n) is 4.71. The Bertz CT molecular complexity index is 856. The van der Waals surface area contributed by atoms with Crippen molar-refractivity contribution in [3.05, 3.63) is 62.7 Å². The second-order valence-corrected chi connectivity index (χ2v) is 5.11. The molecule has 6 nitrogen and oxygen atoms in total. The third kappa shape index (κ3) is 3.65. The maximum absolute atomic E-state index is 10.9. The van der Waals surface area contributed by atoms with Crippen LogP contribution >= 0.6 is 11.6 Å². The summed E-state index contributed by atoms with van der Waals surface area (Å²) < 4.78 is 10.4. The molecule has 0 aliphatic carbocycles. The SMILES string of the molecule is COc1cc(Cl)c(/C=C(/C#N)c2cccc([N+](=O)[O-])c2)cc1OC. The fraction of sp³-hybridized carbons (Fsp3) is 0.118. The van der Waals surface area contributed by atoms with Gasteiger partial charge in [-0.15, -0.1) is 0 Å². The first-order valence-electron chi connectivity index (χ1n) is 6.78. The Hall–Kier alpha value is -3.04. The van der Waals surface area contributed by atoms with Crippen molar-refractivity contribution < 1.29 is 14.4 Å². The molecule has 0 fully saturated rings. The fourth-order valence-electron chi connectivity index (χ4n) is 2.10. The van der Waals surface area contributed by atoms with Crippen LogP contribution in [0, 0.1) is 21.4 Å². The summed E-state index contributed by atoms with van der Waals surface area (Å²) in [6.07, 6.45) is 1.54. The summed E-state index contributed by atoms with van der Waals surface area (Å²) >= 11 is 6.21. The molecule has 122 valence electrons. The molecule has 0 radical (unpaired) electrons. The number of methoxy groups -OCH3 is 2. The van der Waals surface area contributed by atoms with Gasteiger partial charge in [0, 0.05) is 18.2 Å². The van der Waals surface area contributed by atoms with Crippen LogP contribution in [0.5, 0.6) is 11.5 Å². The maximum Gasteiger partial charge on any atom is 0.270 e.